The molecule has 0 amide bonds. The number of hydrogen-bond donors (Lipinski definition) is 2. The van der Waals surface area contributed by atoms with Crippen LogP contribution in [0.25, 0.3) is 0 Å². The fraction of sp³-hybridized carbons (Fsp3) is 0.357. The van der Waals surface area contributed by atoms with E-state index < -0.39 is 5.97 Å². The molecule has 0 heterocycles. The summed E-state index contributed by atoms with van der Waals surface area (Å²) in [7, 11) is 0. The van der Waals surface area contributed by atoms with Crippen LogP contribution in [-0.4, -0.2) is 23.2 Å². The third kappa shape index (κ3) is 2.74. The highest BCUT2D eigenvalue weighted by atomic mass is 16.4. The fourth-order valence-electron chi connectivity index (χ4n) is 2.19. The molecular weight excluding hydrogens is 214 g/mol. The summed E-state index contributed by atoms with van der Waals surface area (Å²) >= 11 is 0. The Bertz CT molecular complexity index is 430. The van der Waals surface area contributed by atoms with Gasteiger partial charge in [-0.05, 0) is 19.8 Å². The van der Waals surface area contributed by atoms with Crippen molar-refractivity contribution in [3.05, 3.63) is 47.6 Å². The number of carbonyl (C=O) groups is 1. The van der Waals surface area contributed by atoms with Crippen LogP contribution < -0.4 is 5.32 Å². The summed E-state index contributed by atoms with van der Waals surface area (Å²) in [5.41, 5.74) is 1.71. The molecule has 0 bridgehead atoms. The lowest BCUT2D eigenvalue weighted by molar-refractivity contribution is -0.133. The predicted octanol–water partition coefficient (Wildman–Crippen LogP) is 2.19. The summed E-state index contributed by atoms with van der Waals surface area (Å²) in [5, 5.41) is 12.6. The summed E-state index contributed by atoms with van der Waals surface area (Å²) in [6, 6.07) is 0.164. The molecular formula is C14H17NO2. The van der Waals surface area contributed by atoms with Crippen molar-refractivity contribution in [1.29, 1.82) is 0 Å². The van der Waals surface area contributed by atoms with Crippen LogP contribution in [0.3, 0.4) is 0 Å². The van der Waals surface area contributed by atoms with Gasteiger partial charge in [-0.15, -0.1) is 0 Å². The summed E-state index contributed by atoms with van der Waals surface area (Å²) in [4.78, 5) is 11.1. The highest BCUT2D eigenvalue weighted by Crippen LogP contribution is 2.19. The Labute approximate surface area is 101 Å². The van der Waals surface area contributed by atoms with Crippen molar-refractivity contribution in [1.82, 2.24) is 5.32 Å². The van der Waals surface area contributed by atoms with Crippen LogP contribution in [-0.2, 0) is 4.79 Å². The van der Waals surface area contributed by atoms with Crippen molar-refractivity contribution < 1.29 is 9.90 Å². The van der Waals surface area contributed by atoms with Crippen LogP contribution in [0.5, 0.6) is 0 Å². The molecule has 2 atom stereocenters. The quantitative estimate of drug-likeness (QED) is 0.782. The highest BCUT2D eigenvalue weighted by molar-refractivity contribution is 5.88. The van der Waals surface area contributed by atoms with E-state index in [4.69, 9.17) is 5.11 Å². The van der Waals surface area contributed by atoms with Crippen molar-refractivity contribution in [3.63, 3.8) is 0 Å². The average molecular weight is 231 g/mol. The zero-order valence-corrected chi connectivity index (χ0v) is 9.89. The summed E-state index contributed by atoms with van der Waals surface area (Å²) in [6.45, 7) is 2.07. The molecule has 0 saturated heterocycles. The van der Waals surface area contributed by atoms with Gasteiger partial charge in [0.2, 0.25) is 0 Å². The maximum Gasteiger partial charge on any atom is 0.333 e. The van der Waals surface area contributed by atoms with E-state index >= 15 is 0 Å². The van der Waals surface area contributed by atoms with Crippen LogP contribution >= 0.6 is 0 Å². The molecule has 2 aliphatic rings. The zero-order chi connectivity index (χ0) is 12.3. The van der Waals surface area contributed by atoms with E-state index in [1.807, 2.05) is 18.2 Å². The number of rotatable bonds is 3. The maximum absolute atomic E-state index is 11.1. The van der Waals surface area contributed by atoms with Crippen LogP contribution in [0, 0.1) is 0 Å². The first-order valence-electron chi connectivity index (χ1n) is 5.88. The third-order valence-corrected chi connectivity index (χ3v) is 3.23. The molecule has 90 valence electrons. The summed E-state index contributed by atoms with van der Waals surface area (Å²) in [6.07, 6.45) is 13.4. The molecule has 2 rings (SSSR count). The Morgan fingerprint density at radius 1 is 1.24 bits per heavy atom. The van der Waals surface area contributed by atoms with Crippen molar-refractivity contribution in [3.8, 4) is 0 Å². The first-order chi connectivity index (χ1) is 8.18. The molecule has 0 radical (unpaired) electrons. The predicted molar refractivity (Wildman–Crippen MR) is 67.7 cm³/mol. The van der Waals surface area contributed by atoms with Crippen LogP contribution in [0.2, 0.25) is 0 Å². The van der Waals surface area contributed by atoms with Gasteiger partial charge in [-0.2, -0.15) is 0 Å². The number of nitrogens with one attached hydrogen (secondary N) is 1. The largest absolute Gasteiger partial charge is 0.478 e. The van der Waals surface area contributed by atoms with Gasteiger partial charge in [0.15, 0.2) is 0 Å². The van der Waals surface area contributed by atoms with E-state index in [1.165, 1.54) is 5.57 Å². The van der Waals surface area contributed by atoms with E-state index in [0.717, 1.165) is 12.8 Å². The average Bonchev–Trinajstić information content (AvgIpc) is 2.32. The topological polar surface area (TPSA) is 49.3 Å². The van der Waals surface area contributed by atoms with Gasteiger partial charge in [0.1, 0.15) is 0 Å². The van der Waals surface area contributed by atoms with Crippen molar-refractivity contribution >= 4 is 5.97 Å². The SMILES string of the molecule is CC1=CC=CCC1NC1CC=CC=C1C(=O)O. The maximum atomic E-state index is 11.1. The lowest BCUT2D eigenvalue weighted by Crippen LogP contribution is -2.42. The van der Waals surface area contributed by atoms with E-state index in [9.17, 15) is 4.79 Å². The van der Waals surface area contributed by atoms with Gasteiger partial charge in [-0.1, -0.05) is 42.0 Å². The van der Waals surface area contributed by atoms with Crippen molar-refractivity contribution in [2.75, 3.05) is 0 Å². The van der Waals surface area contributed by atoms with Crippen LogP contribution in [0.4, 0.5) is 0 Å². The molecule has 0 spiro atoms. The molecule has 0 aliphatic heterocycles. The molecule has 2 unspecified atom stereocenters. The lowest BCUT2D eigenvalue weighted by Gasteiger charge is -2.28. The Hall–Kier alpha value is -1.61. The molecule has 0 saturated carbocycles. The molecule has 3 heteroatoms. The molecule has 2 aliphatic carbocycles. The van der Waals surface area contributed by atoms with Gasteiger partial charge in [0.05, 0.1) is 5.57 Å². The molecule has 0 aromatic carbocycles. The first kappa shape index (κ1) is 11.9. The Balaban J connectivity index is 2.06. The number of hydrogen-bond acceptors (Lipinski definition) is 2. The monoisotopic (exact) mass is 231 g/mol. The zero-order valence-electron chi connectivity index (χ0n) is 9.89. The van der Waals surface area contributed by atoms with Crippen molar-refractivity contribution in [2.45, 2.75) is 31.8 Å². The molecule has 0 fully saturated rings. The third-order valence-electron chi connectivity index (χ3n) is 3.23. The lowest BCUT2D eigenvalue weighted by atomic mass is 9.94. The van der Waals surface area contributed by atoms with Gasteiger partial charge < -0.3 is 10.4 Å². The molecule has 2 N–H and O–H groups in total. The van der Waals surface area contributed by atoms with E-state index in [2.05, 4.69) is 24.4 Å². The Kier molecular flexibility index (Phi) is 3.59. The second-order valence-electron chi connectivity index (χ2n) is 4.44. The summed E-state index contributed by atoms with van der Waals surface area (Å²) < 4.78 is 0. The molecule has 17 heavy (non-hydrogen) atoms. The van der Waals surface area contributed by atoms with E-state index in [1.54, 1.807) is 6.08 Å². The Morgan fingerprint density at radius 2 is 1.88 bits per heavy atom. The van der Waals surface area contributed by atoms with Gasteiger partial charge in [0, 0.05) is 12.1 Å². The number of carboxylic acid groups (broad SMARTS) is 1. The minimum atomic E-state index is -0.833. The first-order valence-corrected chi connectivity index (χ1v) is 5.88. The molecule has 3 nitrogen and oxygen atoms in total. The van der Waals surface area contributed by atoms with Gasteiger partial charge in [-0.3, -0.25) is 0 Å². The standard InChI is InChI=1S/C14H17NO2/c1-10-6-2-4-8-12(10)15-13-9-5-3-7-11(13)14(16)17/h2-7,12-13,15H,8-9H2,1H3,(H,16,17). The van der Waals surface area contributed by atoms with Gasteiger partial charge >= 0.3 is 5.97 Å². The number of allylic oxidation sites excluding steroid dienone is 4. The van der Waals surface area contributed by atoms with E-state index in [-0.39, 0.29) is 12.1 Å². The van der Waals surface area contributed by atoms with Crippen molar-refractivity contribution in [2.24, 2.45) is 0 Å². The molecule has 0 aromatic heterocycles. The smallest absolute Gasteiger partial charge is 0.333 e. The normalized spacial score (nSPS) is 27.6. The number of carboxylic acids is 1. The number of aliphatic carboxylic acids is 1. The highest BCUT2D eigenvalue weighted by Gasteiger charge is 2.24. The van der Waals surface area contributed by atoms with Gasteiger partial charge in [0.25, 0.3) is 0 Å². The van der Waals surface area contributed by atoms with Crippen LogP contribution in [0.1, 0.15) is 19.8 Å². The van der Waals surface area contributed by atoms with E-state index in [0.29, 0.717) is 5.57 Å². The second kappa shape index (κ2) is 5.15. The van der Waals surface area contributed by atoms with Gasteiger partial charge in [-0.25, -0.2) is 4.79 Å². The fourth-order valence-corrected chi connectivity index (χ4v) is 2.19. The summed E-state index contributed by atoms with van der Waals surface area (Å²) in [5.74, 6) is -0.833. The van der Waals surface area contributed by atoms with Crippen LogP contribution in [0.15, 0.2) is 47.6 Å². The second-order valence-corrected chi connectivity index (χ2v) is 4.44. The minimum absolute atomic E-state index is 0.0858. The molecule has 0 aromatic rings. The minimum Gasteiger partial charge on any atom is -0.478 e. The Morgan fingerprint density at radius 3 is 2.53 bits per heavy atom.